The molecule has 1 aliphatic heterocycles. The SMILES string of the molecule is Cc1ccc(N2CCC[C@H](N)C2)cn1. The van der Waals surface area contributed by atoms with Crippen molar-refractivity contribution in [3.05, 3.63) is 24.0 Å². The molecule has 3 heteroatoms. The van der Waals surface area contributed by atoms with E-state index in [1.54, 1.807) is 0 Å². The summed E-state index contributed by atoms with van der Waals surface area (Å²) in [6, 6.07) is 4.50. The monoisotopic (exact) mass is 191 g/mol. The molecule has 3 nitrogen and oxygen atoms in total. The van der Waals surface area contributed by atoms with Crippen LogP contribution in [0.25, 0.3) is 0 Å². The van der Waals surface area contributed by atoms with E-state index in [-0.39, 0.29) is 0 Å². The Morgan fingerprint density at radius 2 is 2.36 bits per heavy atom. The first-order valence-corrected chi connectivity index (χ1v) is 5.19. The summed E-state index contributed by atoms with van der Waals surface area (Å²) in [4.78, 5) is 6.62. The zero-order chi connectivity index (χ0) is 9.97. The third-order valence-corrected chi connectivity index (χ3v) is 2.72. The summed E-state index contributed by atoms with van der Waals surface area (Å²) in [6.45, 7) is 4.08. The van der Waals surface area contributed by atoms with Crippen LogP contribution in [-0.2, 0) is 0 Å². The van der Waals surface area contributed by atoms with Gasteiger partial charge < -0.3 is 10.6 Å². The van der Waals surface area contributed by atoms with Crippen molar-refractivity contribution < 1.29 is 0 Å². The van der Waals surface area contributed by atoms with Crippen molar-refractivity contribution in [3.63, 3.8) is 0 Å². The summed E-state index contributed by atoms with van der Waals surface area (Å²) < 4.78 is 0. The molecule has 0 radical (unpaired) electrons. The number of anilines is 1. The largest absolute Gasteiger partial charge is 0.369 e. The second-order valence-electron chi connectivity index (χ2n) is 4.01. The number of hydrogen-bond donors (Lipinski definition) is 1. The van der Waals surface area contributed by atoms with Crippen molar-refractivity contribution in [1.82, 2.24) is 4.98 Å². The van der Waals surface area contributed by atoms with Gasteiger partial charge in [0.15, 0.2) is 0 Å². The highest BCUT2D eigenvalue weighted by Crippen LogP contribution is 2.18. The lowest BCUT2D eigenvalue weighted by molar-refractivity contribution is 0.506. The number of aromatic nitrogens is 1. The van der Waals surface area contributed by atoms with Gasteiger partial charge in [-0.1, -0.05) is 0 Å². The third-order valence-electron chi connectivity index (χ3n) is 2.72. The Morgan fingerprint density at radius 1 is 1.50 bits per heavy atom. The fourth-order valence-corrected chi connectivity index (χ4v) is 1.89. The van der Waals surface area contributed by atoms with Gasteiger partial charge in [-0.05, 0) is 31.9 Å². The number of aryl methyl sites for hydroxylation is 1. The van der Waals surface area contributed by atoms with Crippen molar-refractivity contribution in [2.45, 2.75) is 25.8 Å². The average molecular weight is 191 g/mol. The van der Waals surface area contributed by atoms with Crippen LogP contribution < -0.4 is 10.6 Å². The van der Waals surface area contributed by atoms with Crippen LogP contribution in [0.3, 0.4) is 0 Å². The van der Waals surface area contributed by atoms with E-state index in [0.29, 0.717) is 6.04 Å². The van der Waals surface area contributed by atoms with Gasteiger partial charge in [-0.3, -0.25) is 4.98 Å². The number of piperidine rings is 1. The quantitative estimate of drug-likeness (QED) is 0.728. The number of rotatable bonds is 1. The van der Waals surface area contributed by atoms with Gasteiger partial charge in [0.05, 0.1) is 11.9 Å². The molecular weight excluding hydrogens is 174 g/mol. The lowest BCUT2D eigenvalue weighted by Crippen LogP contribution is -2.42. The predicted octanol–water partition coefficient (Wildman–Crippen LogP) is 1.32. The van der Waals surface area contributed by atoms with Crippen LogP contribution in [-0.4, -0.2) is 24.1 Å². The molecule has 2 rings (SSSR count). The summed E-state index contributed by atoms with van der Waals surface area (Å²) in [6.07, 6.45) is 4.28. The first-order chi connectivity index (χ1) is 6.75. The molecule has 0 spiro atoms. The molecule has 0 saturated carbocycles. The maximum atomic E-state index is 5.93. The molecule has 1 aromatic heterocycles. The normalized spacial score (nSPS) is 22.4. The Bertz CT molecular complexity index is 294. The summed E-state index contributed by atoms with van der Waals surface area (Å²) in [7, 11) is 0. The summed E-state index contributed by atoms with van der Waals surface area (Å²) >= 11 is 0. The smallest absolute Gasteiger partial charge is 0.0553 e. The number of nitrogens with zero attached hydrogens (tertiary/aromatic N) is 2. The van der Waals surface area contributed by atoms with Gasteiger partial charge in [0, 0.05) is 24.8 Å². The summed E-state index contributed by atoms with van der Waals surface area (Å²) in [5.74, 6) is 0. The molecule has 0 unspecified atom stereocenters. The van der Waals surface area contributed by atoms with Gasteiger partial charge in [-0.2, -0.15) is 0 Å². The summed E-state index contributed by atoms with van der Waals surface area (Å²) in [5.41, 5.74) is 8.19. The minimum absolute atomic E-state index is 0.324. The molecule has 2 heterocycles. The molecule has 1 atom stereocenters. The Hall–Kier alpha value is -1.09. The molecule has 0 aliphatic carbocycles. The van der Waals surface area contributed by atoms with E-state index in [1.807, 2.05) is 13.1 Å². The van der Waals surface area contributed by atoms with Crippen LogP contribution in [0.15, 0.2) is 18.3 Å². The second kappa shape index (κ2) is 3.96. The minimum atomic E-state index is 0.324. The number of nitrogens with two attached hydrogens (primary N) is 1. The molecule has 1 aliphatic rings. The highest BCUT2D eigenvalue weighted by Gasteiger charge is 2.16. The first-order valence-electron chi connectivity index (χ1n) is 5.19. The Morgan fingerprint density at radius 3 is 3.00 bits per heavy atom. The lowest BCUT2D eigenvalue weighted by atomic mass is 10.1. The van der Waals surface area contributed by atoms with Crippen molar-refractivity contribution in [2.75, 3.05) is 18.0 Å². The molecule has 1 fully saturated rings. The first kappa shape index (κ1) is 9.46. The molecule has 76 valence electrons. The Labute approximate surface area is 84.9 Å². The molecule has 1 saturated heterocycles. The molecule has 0 aromatic carbocycles. The molecule has 0 amide bonds. The van der Waals surface area contributed by atoms with Crippen molar-refractivity contribution in [2.24, 2.45) is 5.73 Å². The van der Waals surface area contributed by atoms with Crippen molar-refractivity contribution in [3.8, 4) is 0 Å². The van der Waals surface area contributed by atoms with Gasteiger partial charge >= 0.3 is 0 Å². The fraction of sp³-hybridized carbons (Fsp3) is 0.545. The zero-order valence-electron chi connectivity index (χ0n) is 8.61. The van der Waals surface area contributed by atoms with Gasteiger partial charge in [-0.15, -0.1) is 0 Å². The Kier molecular flexibility index (Phi) is 2.68. The minimum Gasteiger partial charge on any atom is -0.369 e. The second-order valence-corrected chi connectivity index (χ2v) is 4.01. The fourth-order valence-electron chi connectivity index (χ4n) is 1.89. The van der Waals surface area contributed by atoms with Crippen LogP contribution in [0.1, 0.15) is 18.5 Å². The van der Waals surface area contributed by atoms with E-state index in [9.17, 15) is 0 Å². The molecular formula is C11H17N3. The number of hydrogen-bond acceptors (Lipinski definition) is 3. The van der Waals surface area contributed by atoms with Gasteiger partial charge in [0.25, 0.3) is 0 Å². The highest BCUT2D eigenvalue weighted by atomic mass is 15.2. The highest BCUT2D eigenvalue weighted by molar-refractivity contribution is 5.45. The van der Waals surface area contributed by atoms with E-state index in [2.05, 4.69) is 22.0 Å². The molecule has 0 bridgehead atoms. The van der Waals surface area contributed by atoms with Crippen LogP contribution in [0.5, 0.6) is 0 Å². The summed E-state index contributed by atoms with van der Waals surface area (Å²) in [5, 5.41) is 0. The van der Waals surface area contributed by atoms with Crippen molar-refractivity contribution in [1.29, 1.82) is 0 Å². The van der Waals surface area contributed by atoms with Crippen LogP contribution in [0.2, 0.25) is 0 Å². The zero-order valence-corrected chi connectivity index (χ0v) is 8.61. The maximum absolute atomic E-state index is 5.93. The van der Waals surface area contributed by atoms with Gasteiger partial charge in [0.1, 0.15) is 0 Å². The Balaban J connectivity index is 2.10. The molecule has 14 heavy (non-hydrogen) atoms. The van der Waals surface area contributed by atoms with Gasteiger partial charge in [0.2, 0.25) is 0 Å². The number of pyridine rings is 1. The standard InChI is InChI=1S/C11H17N3/c1-9-4-5-11(7-13-9)14-6-2-3-10(12)8-14/h4-5,7,10H,2-3,6,8,12H2,1H3/t10-/m0/s1. The van der Waals surface area contributed by atoms with E-state index in [0.717, 1.165) is 25.2 Å². The predicted molar refractivity (Wildman–Crippen MR) is 58.4 cm³/mol. The lowest BCUT2D eigenvalue weighted by Gasteiger charge is -2.32. The average Bonchev–Trinajstić information content (AvgIpc) is 2.19. The van der Waals surface area contributed by atoms with Gasteiger partial charge in [-0.25, -0.2) is 0 Å². The van der Waals surface area contributed by atoms with Crippen molar-refractivity contribution >= 4 is 5.69 Å². The topological polar surface area (TPSA) is 42.1 Å². The van der Waals surface area contributed by atoms with E-state index in [4.69, 9.17) is 5.73 Å². The van der Waals surface area contributed by atoms with E-state index >= 15 is 0 Å². The molecule has 1 aromatic rings. The molecule has 2 N–H and O–H groups in total. The van der Waals surface area contributed by atoms with Crippen LogP contribution in [0, 0.1) is 6.92 Å². The third kappa shape index (κ3) is 2.04. The maximum Gasteiger partial charge on any atom is 0.0553 e. The van der Waals surface area contributed by atoms with Crippen LogP contribution >= 0.6 is 0 Å². The van der Waals surface area contributed by atoms with E-state index in [1.165, 1.54) is 12.1 Å². The van der Waals surface area contributed by atoms with E-state index < -0.39 is 0 Å². The van der Waals surface area contributed by atoms with Crippen LogP contribution in [0.4, 0.5) is 5.69 Å².